The Balaban J connectivity index is 1.65. The predicted molar refractivity (Wildman–Crippen MR) is 121 cm³/mol. The van der Waals surface area contributed by atoms with Crippen LogP contribution in [0.2, 0.25) is 0 Å². The molecule has 0 radical (unpaired) electrons. The summed E-state index contributed by atoms with van der Waals surface area (Å²) in [5.74, 6) is 0. The van der Waals surface area contributed by atoms with E-state index in [-0.39, 0.29) is 18.7 Å². The summed E-state index contributed by atoms with van der Waals surface area (Å²) in [5.41, 5.74) is 3.74. The molecule has 0 fully saturated rings. The van der Waals surface area contributed by atoms with Crippen LogP contribution in [0.15, 0.2) is 64.8 Å². The minimum Gasteiger partial charge on any atom is -0.389 e. The van der Waals surface area contributed by atoms with Crippen LogP contribution in [0, 0.1) is 13.8 Å². The number of aliphatic hydroxyl groups excluding tert-OH is 1. The Morgan fingerprint density at radius 1 is 1.10 bits per heavy atom. The molecule has 0 aliphatic heterocycles. The molecular weight excluding hydrogens is 396 g/mol. The van der Waals surface area contributed by atoms with Gasteiger partial charge in [0.2, 0.25) is 0 Å². The lowest BCUT2D eigenvalue weighted by Gasteiger charge is -2.16. The molecule has 5 nitrogen and oxygen atoms in total. The Morgan fingerprint density at radius 2 is 1.90 bits per heavy atom. The Bertz CT molecular complexity index is 1220. The standard InChI is InChI=1S/C24H24N2O3S/c1-16-9-10-17(2)22(12-16)23-20-7-3-4-8-21(20)24(28)26(25-23)13-18(27)14-29-15-19-6-5-11-30-19/h3-12,18,27H,13-15H2,1-2H3/t18-/m0/s1. The molecule has 30 heavy (non-hydrogen) atoms. The van der Waals surface area contributed by atoms with Crippen molar-refractivity contribution in [3.8, 4) is 11.3 Å². The minimum atomic E-state index is -0.831. The molecule has 1 atom stereocenters. The first-order valence-electron chi connectivity index (χ1n) is 9.88. The molecule has 6 heteroatoms. The molecule has 1 N–H and O–H groups in total. The zero-order valence-electron chi connectivity index (χ0n) is 17.0. The second-order valence-electron chi connectivity index (χ2n) is 7.45. The van der Waals surface area contributed by atoms with Crippen molar-refractivity contribution in [3.63, 3.8) is 0 Å². The first-order valence-corrected chi connectivity index (χ1v) is 10.8. The van der Waals surface area contributed by atoms with Gasteiger partial charge in [0.1, 0.15) is 0 Å². The van der Waals surface area contributed by atoms with Crippen LogP contribution in [-0.4, -0.2) is 27.6 Å². The highest BCUT2D eigenvalue weighted by molar-refractivity contribution is 7.09. The third-order valence-electron chi connectivity index (χ3n) is 5.03. The lowest BCUT2D eigenvalue weighted by molar-refractivity contribution is 0.0190. The fourth-order valence-corrected chi connectivity index (χ4v) is 4.13. The van der Waals surface area contributed by atoms with E-state index in [9.17, 15) is 9.90 Å². The van der Waals surface area contributed by atoms with E-state index in [0.717, 1.165) is 32.6 Å². The van der Waals surface area contributed by atoms with Gasteiger partial charge in [0, 0.05) is 15.8 Å². The highest BCUT2D eigenvalue weighted by Gasteiger charge is 2.16. The number of fused-ring (bicyclic) bond motifs is 1. The maximum atomic E-state index is 13.0. The number of benzene rings is 2. The SMILES string of the molecule is Cc1ccc(C)c(-c2nn(C[C@H](O)COCc3cccs3)c(=O)c3ccccc23)c1. The molecule has 4 rings (SSSR count). The summed E-state index contributed by atoms with van der Waals surface area (Å²) in [6.45, 7) is 4.73. The molecule has 0 saturated carbocycles. The van der Waals surface area contributed by atoms with Gasteiger partial charge < -0.3 is 9.84 Å². The van der Waals surface area contributed by atoms with Crippen LogP contribution in [-0.2, 0) is 17.9 Å². The van der Waals surface area contributed by atoms with Crippen LogP contribution >= 0.6 is 11.3 Å². The molecule has 0 amide bonds. The van der Waals surface area contributed by atoms with E-state index < -0.39 is 6.10 Å². The first-order chi connectivity index (χ1) is 14.5. The molecule has 0 aliphatic rings. The molecule has 0 bridgehead atoms. The monoisotopic (exact) mass is 420 g/mol. The van der Waals surface area contributed by atoms with Crippen molar-refractivity contribution >= 4 is 22.1 Å². The number of rotatable bonds is 7. The van der Waals surface area contributed by atoms with Crippen LogP contribution in [0.25, 0.3) is 22.0 Å². The second kappa shape index (κ2) is 8.92. The van der Waals surface area contributed by atoms with E-state index in [1.807, 2.05) is 55.6 Å². The summed E-state index contributed by atoms with van der Waals surface area (Å²) in [7, 11) is 0. The zero-order chi connectivity index (χ0) is 21.1. The van der Waals surface area contributed by atoms with Crippen molar-refractivity contribution in [3.05, 3.63) is 86.3 Å². The van der Waals surface area contributed by atoms with Gasteiger partial charge in [0.15, 0.2) is 0 Å². The summed E-state index contributed by atoms with van der Waals surface area (Å²) in [5, 5.41) is 18.5. The zero-order valence-corrected chi connectivity index (χ0v) is 17.9. The molecule has 0 unspecified atom stereocenters. The second-order valence-corrected chi connectivity index (χ2v) is 8.48. The van der Waals surface area contributed by atoms with Crippen molar-refractivity contribution in [2.24, 2.45) is 0 Å². The van der Waals surface area contributed by atoms with Gasteiger partial charge in [-0.05, 0) is 43.0 Å². The third-order valence-corrected chi connectivity index (χ3v) is 5.88. The highest BCUT2D eigenvalue weighted by atomic mass is 32.1. The number of aliphatic hydroxyl groups is 1. The number of hydrogen-bond donors (Lipinski definition) is 1. The van der Waals surface area contributed by atoms with Crippen molar-refractivity contribution in [1.82, 2.24) is 9.78 Å². The highest BCUT2D eigenvalue weighted by Crippen LogP contribution is 2.28. The van der Waals surface area contributed by atoms with Gasteiger partial charge in [-0.2, -0.15) is 5.10 Å². The van der Waals surface area contributed by atoms with Gasteiger partial charge in [0.25, 0.3) is 5.56 Å². The quantitative estimate of drug-likeness (QED) is 0.484. The summed E-state index contributed by atoms with van der Waals surface area (Å²) >= 11 is 1.61. The van der Waals surface area contributed by atoms with Crippen molar-refractivity contribution in [1.29, 1.82) is 0 Å². The maximum absolute atomic E-state index is 13.0. The maximum Gasteiger partial charge on any atom is 0.274 e. The first kappa shape index (κ1) is 20.5. The van der Waals surface area contributed by atoms with Crippen LogP contribution in [0.5, 0.6) is 0 Å². The van der Waals surface area contributed by atoms with Gasteiger partial charge in [-0.3, -0.25) is 4.79 Å². The molecule has 154 valence electrons. The molecule has 2 aromatic carbocycles. The number of aryl methyl sites for hydroxylation is 2. The van der Waals surface area contributed by atoms with Crippen LogP contribution in [0.4, 0.5) is 0 Å². The molecule has 0 saturated heterocycles. The van der Waals surface area contributed by atoms with Crippen molar-refractivity contribution in [2.45, 2.75) is 33.1 Å². The van der Waals surface area contributed by atoms with Gasteiger partial charge in [-0.25, -0.2) is 4.68 Å². The van der Waals surface area contributed by atoms with Crippen LogP contribution in [0.1, 0.15) is 16.0 Å². The lowest BCUT2D eigenvalue weighted by Crippen LogP contribution is -2.31. The van der Waals surface area contributed by atoms with Gasteiger partial charge in [-0.15, -0.1) is 11.3 Å². The number of aromatic nitrogens is 2. The average molecular weight is 421 g/mol. The lowest BCUT2D eigenvalue weighted by atomic mass is 9.99. The Kier molecular flexibility index (Phi) is 6.08. The molecule has 2 heterocycles. The Hall–Kier alpha value is -2.80. The van der Waals surface area contributed by atoms with E-state index in [4.69, 9.17) is 4.74 Å². The number of thiophene rings is 1. The predicted octanol–water partition coefficient (Wildman–Crippen LogP) is 4.32. The number of nitrogens with zero attached hydrogens (tertiary/aromatic N) is 2. The van der Waals surface area contributed by atoms with Gasteiger partial charge in [0.05, 0.1) is 36.9 Å². The fourth-order valence-electron chi connectivity index (χ4n) is 3.49. The van der Waals surface area contributed by atoms with E-state index in [1.165, 1.54) is 4.68 Å². The third kappa shape index (κ3) is 4.36. The molecule has 4 aromatic rings. The normalized spacial score (nSPS) is 12.4. The summed E-state index contributed by atoms with van der Waals surface area (Å²) in [6.07, 6.45) is -0.831. The van der Waals surface area contributed by atoms with E-state index >= 15 is 0 Å². The van der Waals surface area contributed by atoms with Crippen LogP contribution < -0.4 is 5.56 Å². The van der Waals surface area contributed by atoms with E-state index in [0.29, 0.717) is 12.0 Å². The summed E-state index contributed by atoms with van der Waals surface area (Å²) < 4.78 is 6.97. The smallest absolute Gasteiger partial charge is 0.274 e. The van der Waals surface area contributed by atoms with Crippen molar-refractivity contribution in [2.75, 3.05) is 6.61 Å². The van der Waals surface area contributed by atoms with E-state index in [2.05, 4.69) is 23.3 Å². The minimum absolute atomic E-state index is 0.0754. The van der Waals surface area contributed by atoms with Gasteiger partial charge >= 0.3 is 0 Å². The number of ether oxygens (including phenoxy) is 1. The number of hydrogen-bond acceptors (Lipinski definition) is 5. The molecule has 0 spiro atoms. The molecule has 0 aliphatic carbocycles. The van der Waals surface area contributed by atoms with Crippen LogP contribution in [0.3, 0.4) is 0 Å². The molecule has 2 aromatic heterocycles. The van der Waals surface area contributed by atoms with Crippen molar-refractivity contribution < 1.29 is 9.84 Å². The summed E-state index contributed by atoms with van der Waals surface area (Å²) in [4.78, 5) is 14.1. The van der Waals surface area contributed by atoms with E-state index in [1.54, 1.807) is 11.3 Å². The average Bonchev–Trinajstić information content (AvgIpc) is 3.26. The van der Waals surface area contributed by atoms with Gasteiger partial charge in [-0.1, -0.05) is 42.0 Å². The largest absolute Gasteiger partial charge is 0.389 e. The Labute approximate surface area is 179 Å². The topological polar surface area (TPSA) is 64.3 Å². The fraction of sp³-hybridized carbons (Fsp3) is 0.250. The summed E-state index contributed by atoms with van der Waals surface area (Å²) in [6, 6.07) is 17.7. The molecular formula is C24H24N2O3S. The Morgan fingerprint density at radius 3 is 2.67 bits per heavy atom.